The SMILES string of the molecule is C1=CC(N(c2ccccc2-c2cccc(-c3ccccc3)c2)c2cccc3c2Oc2cc4c(cc2O3)C2(c3ccccc3-c3ccccc32)c2ccccc2-4)=CCC1. The van der Waals surface area contributed by atoms with E-state index in [4.69, 9.17) is 9.47 Å². The molecule has 0 saturated carbocycles. The summed E-state index contributed by atoms with van der Waals surface area (Å²) in [7, 11) is 0. The highest BCUT2D eigenvalue weighted by atomic mass is 16.6. The molecule has 1 spiro atoms. The van der Waals surface area contributed by atoms with Crippen molar-refractivity contribution < 1.29 is 9.47 Å². The Balaban J connectivity index is 1.01. The fourth-order valence-electron chi connectivity index (χ4n) is 9.93. The van der Waals surface area contributed by atoms with Crippen molar-refractivity contribution in [2.45, 2.75) is 18.3 Å². The van der Waals surface area contributed by atoms with E-state index < -0.39 is 5.41 Å². The average molecular weight is 744 g/mol. The van der Waals surface area contributed by atoms with Crippen molar-refractivity contribution in [3.8, 4) is 67.5 Å². The normalized spacial score (nSPS) is 14.5. The van der Waals surface area contributed by atoms with E-state index in [2.05, 4.69) is 199 Å². The molecule has 58 heavy (non-hydrogen) atoms. The monoisotopic (exact) mass is 743 g/mol. The molecule has 8 aromatic carbocycles. The fraction of sp³-hybridized carbons (Fsp3) is 0.0545. The van der Waals surface area contributed by atoms with Gasteiger partial charge in [0, 0.05) is 11.3 Å². The van der Waals surface area contributed by atoms with Gasteiger partial charge in [-0.15, -0.1) is 0 Å². The highest BCUT2D eigenvalue weighted by molar-refractivity contribution is 5.96. The molecule has 0 atom stereocenters. The van der Waals surface area contributed by atoms with Crippen LogP contribution in [0.4, 0.5) is 11.4 Å². The molecule has 0 N–H and O–H groups in total. The molecule has 0 saturated heterocycles. The number of hydrogen-bond acceptors (Lipinski definition) is 3. The number of hydrogen-bond donors (Lipinski definition) is 0. The molecule has 1 heterocycles. The first-order valence-electron chi connectivity index (χ1n) is 20.2. The molecular weight excluding hydrogens is 707 g/mol. The smallest absolute Gasteiger partial charge is 0.194 e. The van der Waals surface area contributed by atoms with Crippen LogP contribution in [0.5, 0.6) is 23.0 Å². The van der Waals surface area contributed by atoms with Gasteiger partial charge >= 0.3 is 0 Å². The zero-order valence-electron chi connectivity index (χ0n) is 31.7. The molecule has 0 bridgehead atoms. The molecule has 4 aliphatic rings. The number of allylic oxidation sites excluding steroid dienone is 3. The Kier molecular flexibility index (Phi) is 7.27. The van der Waals surface area contributed by atoms with Gasteiger partial charge in [0.2, 0.25) is 0 Å². The summed E-state index contributed by atoms with van der Waals surface area (Å²) in [6.07, 6.45) is 8.80. The van der Waals surface area contributed by atoms with Crippen molar-refractivity contribution in [1.82, 2.24) is 0 Å². The van der Waals surface area contributed by atoms with Crippen LogP contribution < -0.4 is 14.4 Å². The number of ether oxygens (including phenoxy) is 2. The van der Waals surface area contributed by atoms with Crippen molar-refractivity contribution in [2.75, 3.05) is 4.90 Å². The Hall–Kier alpha value is -7.36. The summed E-state index contributed by atoms with van der Waals surface area (Å²) in [6, 6.07) is 65.5. The number of fused-ring (bicyclic) bond motifs is 12. The Bertz CT molecular complexity index is 2980. The summed E-state index contributed by atoms with van der Waals surface area (Å²) < 4.78 is 14.1. The van der Waals surface area contributed by atoms with Crippen LogP contribution in [0, 0.1) is 0 Å². The fourth-order valence-corrected chi connectivity index (χ4v) is 9.93. The molecular formula is C55H37NO2. The van der Waals surface area contributed by atoms with E-state index >= 15 is 0 Å². The molecule has 3 aliphatic carbocycles. The van der Waals surface area contributed by atoms with Crippen molar-refractivity contribution in [2.24, 2.45) is 0 Å². The minimum Gasteiger partial charge on any atom is -0.449 e. The third kappa shape index (κ3) is 4.74. The molecule has 0 fully saturated rings. The second-order valence-electron chi connectivity index (χ2n) is 15.4. The van der Waals surface area contributed by atoms with Crippen LogP contribution in [0.15, 0.2) is 206 Å². The summed E-state index contributed by atoms with van der Waals surface area (Å²) in [6.45, 7) is 0. The summed E-state index contributed by atoms with van der Waals surface area (Å²) in [5, 5.41) is 0. The first-order chi connectivity index (χ1) is 28.8. The summed E-state index contributed by atoms with van der Waals surface area (Å²) in [5.41, 5.74) is 17.4. The van der Waals surface area contributed by atoms with Gasteiger partial charge in [0.1, 0.15) is 0 Å². The molecule has 3 nitrogen and oxygen atoms in total. The largest absolute Gasteiger partial charge is 0.449 e. The standard InChI is InChI=1S/C55H37NO2/c1-3-17-36(18-4-1)37-19-15-20-38(33-37)40-23-10-14-30-49(40)56(39-21-5-2-6-22-39)50-31-16-32-51-54(50)58-52-34-44-43-26-9-13-29-47(43)55(48(44)35-53(52)57-51)45-27-11-7-24-41(45)42-25-8-12-28-46(42)55/h1,3-5,7-35H,2,6H2. The minimum absolute atomic E-state index is 0.461. The van der Waals surface area contributed by atoms with Gasteiger partial charge in [-0.2, -0.15) is 0 Å². The number of nitrogens with zero attached hydrogens (tertiary/aromatic N) is 1. The van der Waals surface area contributed by atoms with Gasteiger partial charge < -0.3 is 14.4 Å². The van der Waals surface area contributed by atoms with Gasteiger partial charge in [0.05, 0.1) is 16.8 Å². The van der Waals surface area contributed by atoms with Crippen molar-refractivity contribution >= 4 is 11.4 Å². The Morgan fingerprint density at radius 1 is 0.397 bits per heavy atom. The minimum atomic E-state index is -0.461. The maximum Gasteiger partial charge on any atom is 0.194 e. The summed E-state index contributed by atoms with van der Waals surface area (Å²) in [4.78, 5) is 2.34. The van der Waals surface area contributed by atoms with E-state index in [0.717, 1.165) is 46.8 Å². The lowest BCUT2D eigenvalue weighted by molar-refractivity contribution is 0.360. The predicted molar refractivity (Wildman–Crippen MR) is 235 cm³/mol. The van der Waals surface area contributed by atoms with E-state index in [0.29, 0.717) is 17.2 Å². The molecule has 274 valence electrons. The molecule has 3 heteroatoms. The maximum atomic E-state index is 7.14. The number of para-hydroxylation sites is 2. The van der Waals surface area contributed by atoms with Crippen molar-refractivity contribution in [3.05, 3.63) is 228 Å². The van der Waals surface area contributed by atoms with E-state index in [-0.39, 0.29) is 0 Å². The second-order valence-corrected chi connectivity index (χ2v) is 15.4. The van der Waals surface area contributed by atoms with Crippen LogP contribution in [-0.4, -0.2) is 0 Å². The molecule has 1 aliphatic heterocycles. The lowest BCUT2D eigenvalue weighted by atomic mass is 9.70. The quantitative estimate of drug-likeness (QED) is 0.175. The predicted octanol–water partition coefficient (Wildman–Crippen LogP) is 14.6. The first-order valence-corrected chi connectivity index (χ1v) is 20.2. The van der Waals surface area contributed by atoms with E-state index in [1.807, 2.05) is 6.07 Å². The maximum absolute atomic E-state index is 7.14. The highest BCUT2D eigenvalue weighted by Crippen LogP contribution is 2.65. The van der Waals surface area contributed by atoms with Crippen molar-refractivity contribution in [1.29, 1.82) is 0 Å². The number of anilines is 2. The molecule has 0 amide bonds. The Morgan fingerprint density at radius 2 is 0.983 bits per heavy atom. The van der Waals surface area contributed by atoms with E-state index in [9.17, 15) is 0 Å². The molecule has 8 aromatic rings. The van der Waals surface area contributed by atoms with Gasteiger partial charge in [-0.1, -0.05) is 158 Å². The average Bonchev–Trinajstić information content (AvgIpc) is 3.75. The molecule has 0 unspecified atom stereocenters. The molecule has 12 rings (SSSR count). The van der Waals surface area contributed by atoms with Crippen LogP contribution in [0.1, 0.15) is 35.1 Å². The third-order valence-electron chi connectivity index (χ3n) is 12.4. The topological polar surface area (TPSA) is 21.7 Å². The van der Waals surface area contributed by atoms with E-state index in [1.54, 1.807) is 0 Å². The zero-order chi connectivity index (χ0) is 38.2. The Morgan fingerprint density at radius 3 is 1.71 bits per heavy atom. The highest BCUT2D eigenvalue weighted by Gasteiger charge is 2.52. The molecule has 0 radical (unpaired) electrons. The number of benzene rings is 8. The van der Waals surface area contributed by atoms with Crippen LogP contribution in [0.2, 0.25) is 0 Å². The van der Waals surface area contributed by atoms with Crippen LogP contribution in [0.3, 0.4) is 0 Å². The van der Waals surface area contributed by atoms with E-state index in [1.165, 1.54) is 55.6 Å². The van der Waals surface area contributed by atoms with Crippen LogP contribution in [0.25, 0.3) is 44.5 Å². The zero-order valence-corrected chi connectivity index (χ0v) is 31.7. The van der Waals surface area contributed by atoms with Gasteiger partial charge in [0.15, 0.2) is 23.0 Å². The van der Waals surface area contributed by atoms with Crippen molar-refractivity contribution in [3.63, 3.8) is 0 Å². The van der Waals surface area contributed by atoms with Crippen LogP contribution in [-0.2, 0) is 5.41 Å². The van der Waals surface area contributed by atoms with Crippen LogP contribution >= 0.6 is 0 Å². The summed E-state index contributed by atoms with van der Waals surface area (Å²) in [5.74, 6) is 2.82. The lowest BCUT2D eigenvalue weighted by Crippen LogP contribution is -2.26. The van der Waals surface area contributed by atoms with Gasteiger partial charge in [-0.3, -0.25) is 0 Å². The summed E-state index contributed by atoms with van der Waals surface area (Å²) >= 11 is 0. The number of rotatable bonds is 5. The third-order valence-corrected chi connectivity index (χ3v) is 12.4. The lowest BCUT2D eigenvalue weighted by Gasteiger charge is -2.33. The van der Waals surface area contributed by atoms with Gasteiger partial charge in [0.25, 0.3) is 0 Å². The van der Waals surface area contributed by atoms with Gasteiger partial charge in [-0.25, -0.2) is 0 Å². The molecule has 0 aromatic heterocycles. The van der Waals surface area contributed by atoms with Gasteiger partial charge in [-0.05, 0) is 117 Å². The first kappa shape index (κ1) is 32.8. The Labute approximate surface area is 338 Å². The second kappa shape index (κ2) is 12.8.